The Morgan fingerprint density at radius 1 is 1.17 bits per heavy atom. The van der Waals surface area contributed by atoms with Crippen molar-refractivity contribution in [3.05, 3.63) is 45.1 Å². The van der Waals surface area contributed by atoms with E-state index in [9.17, 15) is 19.7 Å². The van der Waals surface area contributed by atoms with E-state index < -0.39 is 16.7 Å². The normalized spacial score (nSPS) is 19.1. The lowest BCUT2D eigenvalue weighted by atomic mass is 9.95. The summed E-state index contributed by atoms with van der Waals surface area (Å²) < 4.78 is 0. The number of halogens is 1. The summed E-state index contributed by atoms with van der Waals surface area (Å²) in [6.45, 7) is 0. The molecule has 1 heterocycles. The van der Waals surface area contributed by atoms with Crippen molar-refractivity contribution in [2.45, 2.75) is 38.1 Å². The molecule has 1 aromatic rings. The van der Waals surface area contributed by atoms with Gasteiger partial charge in [0, 0.05) is 18.2 Å². The number of nitro groups is 1. The van der Waals surface area contributed by atoms with Crippen LogP contribution >= 0.6 is 11.6 Å². The van der Waals surface area contributed by atoms with E-state index in [0.717, 1.165) is 37.0 Å². The van der Waals surface area contributed by atoms with Crippen molar-refractivity contribution in [3.63, 3.8) is 0 Å². The first-order chi connectivity index (χ1) is 11.5. The summed E-state index contributed by atoms with van der Waals surface area (Å²) in [5, 5.41) is 13.8. The van der Waals surface area contributed by atoms with Crippen molar-refractivity contribution >= 4 is 34.8 Å². The number of benzene rings is 1. The Morgan fingerprint density at radius 2 is 1.88 bits per heavy atom. The summed E-state index contributed by atoms with van der Waals surface area (Å²) in [7, 11) is 0. The highest BCUT2D eigenvalue weighted by Gasteiger charge is 2.40. The van der Waals surface area contributed by atoms with Gasteiger partial charge in [0.2, 0.25) is 0 Å². The van der Waals surface area contributed by atoms with Crippen molar-refractivity contribution in [3.8, 4) is 0 Å². The SMILES string of the molecule is O=C1C(Cl)=C(NC2CCCCC2)C(=O)N1c1cccc([N+](=O)[O-])c1. The molecule has 8 heteroatoms. The number of amides is 2. The van der Waals surface area contributed by atoms with E-state index in [1.165, 1.54) is 24.3 Å². The number of rotatable bonds is 4. The third kappa shape index (κ3) is 2.99. The van der Waals surface area contributed by atoms with Gasteiger partial charge in [0.15, 0.2) is 0 Å². The topological polar surface area (TPSA) is 92.6 Å². The molecule has 0 bridgehead atoms. The lowest BCUT2D eigenvalue weighted by Gasteiger charge is -2.24. The summed E-state index contributed by atoms with van der Waals surface area (Å²) in [4.78, 5) is 36.2. The van der Waals surface area contributed by atoms with Crippen molar-refractivity contribution in [1.29, 1.82) is 0 Å². The average Bonchev–Trinajstić information content (AvgIpc) is 2.79. The van der Waals surface area contributed by atoms with E-state index in [0.29, 0.717) is 0 Å². The second-order valence-corrected chi connectivity index (χ2v) is 6.27. The molecule has 2 amide bonds. The number of hydrogen-bond donors (Lipinski definition) is 1. The maximum atomic E-state index is 12.6. The summed E-state index contributed by atoms with van der Waals surface area (Å²) in [5.74, 6) is -1.24. The van der Waals surface area contributed by atoms with Crippen LogP contribution in [0.15, 0.2) is 35.0 Å². The van der Waals surface area contributed by atoms with Crippen LogP contribution in [0.5, 0.6) is 0 Å². The molecular weight excluding hydrogens is 334 g/mol. The largest absolute Gasteiger partial charge is 0.376 e. The molecule has 126 valence electrons. The van der Waals surface area contributed by atoms with Crippen LogP contribution in [-0.2, 0) is 9.59 Å². The van der Waals surface area contributed by atoms with Gasteiger partial charge in [-0.2, -0.15) is 0 Å². The fraction of sp³-hybridized carbons (Fsp3) is 0.375. The zero-order valence-corrected chi connectivity index (χ0v) is 13.6. The van der Waals surface area contributed by atoms with Gasteiger partial charge in [-0.15, -0.1) is 0 Å². The van der Waals surface area contributed by atoms with Crippen LogP contribution in [0.25, 0.3) is 0 Å². The lowest BCUT2D eigenvalue weighted by Crippen LogP contribution is -2.37. The zero-order chi connectivity index (χ0) is 17.3. The Labute approximate surface area is 143 Å². The molecule has 7 nitrogen and oxygen atoms in total. The molecule has 0 radical (unpaired) electrons. The Hall–Kier alpha value is -2.41. The average molecular weight is 350 g/mol. The molecule has 0 spiro atoms. The molecule has 3 rings (SSSR count). The van der Waals surface area contributed by atoms with Crippen LogP contribution in [0, 0.1) is 10.1 Å². The summed E-state index contributed by atoms with van der Waals surface area (Å²) in [6, 6.07) is 5.49. The number of hydrogen-bond acceptors (Lipinski definition) is 5. The number of carbonyl (C=O) groups is 2. The number of anilines is 1. The number of imide groups is 1. The first-order valence-electron chi connectivity index (χ1n) is 7.78. The predicted octanol–water partition coefficient (Wildman–Crippen LogP) is 2.84. The Balaban J connectivity index is 1.85. The second-order valence-electron chi connectivity index (χ2n) is 5.89. The molecule has 0 unspecified atom stereocenters. The van der Waals surface area contributed by atoms with Crippen LogP contribution in [0.1, 0.15) is 32.1 Å². The van der Waals surface area contributed by atoms with Crippen molar-refractivity contribution < 1.29 is 14.5 Å². The van der Waals surface area contributed by atoms with Crippen molar-refractivity contribution in [2.24, 2.45) is 0 Å². The van der Waals surface area contributed by atoms with Crippen LogP contribution in [0.4, 0.5) is 11.4 Å². The molecule has 1 N–H and O–H groups in total. The van der Waals surface area contributed by atoms with Crippen LogP contribution in [0.3, 0.4) is 0 Å². The Morgan fingerprint density at radius 3 is 2.54 bits per heavy atom. The standard InChI is InChI=1S/C16H16ClN3O4/c17-13-14(18-10-5-2-1-3-6-10)16(22)19(15(13)21)11-7-4-8-12(9-11)20(23)24/h4,7-10,18H,1-3,5-6H2. The van der Waals surface area contributed by atoms with E-state index in [1.807, 2.05) is 0 Å². The van der Waals surface area contributed by atoms with Crippen molar-refractivity contribution in [1.82, 2.24) is 5.32 Å². The predicted molar refractivity (Wildman–Crippen MR) is 88.5 cm³/mol. The van der Waals surface area contributed by atoms with Crippen LogP contribution in [0.2, 0.25) is 0 Å². The molecule has 24 heavy (non-hydrogen) atoms. The van der Waals surface area contributed by atoms with E-state index in [1.54, 1.807) is 0 Å². The highest BCUT2D eigenvalue weighted by atomic mass is 35.5. The van der Waals surface area contributed by atoms with Gasteiger partial charge >= 0.3 is 0 Å². The molecule has 2 aliphatic rings. The maximum Gasteiger partial charge on any atom is 0.283 e. The number of nitrogens with zero attached hydrogens (tertiary/aromatic N) is 2. The minimum atomic E-state index is -0.666. The molecular formula is C16H16ClN3O4. The zero-order valence-electron chi connectivity index (χ0n) is 12.8. The molecule has 1 saturated carbocycles. The lowest BCUT2D eigenvalue weighted by molar-refractivity contribution is -0.384. The van der Waals surface area contributed by atoms with Gasteiger partial charge in [0.05, 0.1) is 10.6 Å². The molecule has 0 aromatic heterocycles. The summed E-state index contributed by atoms with van der Waals surface area (Å²) in [5.41, 5.74) is 0.0239. The smallest absolute Gasteiger partial charge is 0.283 e. The van der Waals surface area contributed by atoms with Gasteiger partial charge in [-0.1, -0.05) is 36.9 Å². The van der Waals surface area contributed by atoms with Gasteiger partial charge in [-0.25, -0.2) is 4.90 Å². The summed E-state index contributed by atoms with van der Waals surface area (Å²) in [6.07, 6.45) is 5.15. The molecule has 1 aromatic carbocycles. The number of carbonyl (C=O) groups excluding carboxylic acids is 2. The second kappa shape index (κ2) is 6.60. The molecule has 1 aliphatic heterocycles. The van der Waals surface area contributed by atoms with E-state index in [-0.39, 0.29) is 28.1 Å². The fourth-order valence-corrected chi connectivity index (χ4v) is 3.28. The van der Waals surface area contributed by atoms with Gasteiger partial charge in [-0.05, 0) is 18.9 Å². The Bertz CT molecular complexity index is 741. The summed E-state index contributed by atoms with van der Waals surface area (Å²) >= 11 is 6.06. The van der Waals surface area contributed by atoms with E-state index in [4.69, 9.17) is 11.6 Å². The van der Waals surface area contributed by atoms with Gasteiger partial charge in [0.1, 0.15) is 10.7 Å². The quantitative estimate of drug-likeness (QED) is 0.512. The monoisotopic (exact) mass is 349 g/mol. The fourth-order valence-electron chi connectivity index (χ4n) is 3.06. The van der Waals surface area contributed by atoms with E-state index >= 15 is 0 Å². The molecule has 1 fully saturated rings. The van der Waals surface area contributed by atoms with Crippen molar-refractivity contribution in [2.75, 3.05) is 4.90 Å². The molecule has 1 aliphatic carbocycles. The maximum absolute atomic E-state index is 12.6. The Kier molecular flexibility index (Phi) is 4.53. The minimum absolute atomic E-state index is 0.0834. The highest BCUT2D eigenvalue weighted by Crippen LogP contribution is 2.31. The third-order valence-corrected chi connectivity index (χ3v) is 4.63. The highest BCUT2D eigenvalue weighted by molar-refractivity contribution is 6.52. The van der Waals surface area contributed by atoms with Crippen LogP contribution < -0.4 is 10.2 Å². The number of nitrogens with one attached hydrogen (secondary N) is 1. The van der Waals surface area contributed by atoms with Gasteiger partial charge in [0.25, 0.3) is 17.5 Å². The first-order valence-corrected chi connectivity index (χ1v) is 8.16. The molecule has 0 saturated heterocycles. The first kappa shape index (κ1) is 16.4. The van der Waals surface area contributed by atoms with Gasteiger partial charge < -0.3 is 5.32 Å². The number of non-ortho nitro benzene ring substituents is 1. The molecule has 0 atom stereocenters. The number of nitro benzene ring substituents is 1. The van der Waals surface area contributed by atoms with Gasteiger partial charge in [-0.3, -0.25) is 19.7 Å². The van der Waals surface area contributed by atoms with Crippen LogP contribution in [-0.4, -0.2) is 22.8 Å². The third-order valence-electron chi connectivity index (χ3n) is 4.28. The van der Waals surface area contributed by atoms with E-state index in [2.05, 4.69) is 5.32 Å². The minimum Gasteiger partial charge on any atom is -0.376 e.